The van der Waals surface area contributed by atoms with E-state index in [0.717, 1.165) is 22.8 Å². The van der Waals surface area contributed by atoms with Crippen molar-refractivity contribution in [3.05, 3.63) is 50.1 Å². The van der Waals surface area contributed by atoms with Gasteiger partial charge in [-0.1, -0.05) is 6.07 Å². The van der Waals surface area contributed by atoms with Crippen molar-refractivity contribution < 1.29 is 4.39 Å². The lowest BCUT2D eigenvalue weighted by atomic mass is 10.2. The van der Waals surface area contributed by atoms with Gasteiger partial charge in [-0.05, 0) is 40.5 Å². The second-order valence-electron chi connectivity index (χ2n) is 3.73. The fourth-order valence-corrected chi connectivity index (χ4v) is 2.44. The maximum atomic E-state index is 13.2. The zero-order chi connectivity index (χ0) is 12.3. The lowest BCUT2D eigenvalue weighted by molar-refractivity contribution is 0.613. The van der Waals surface area contributed by atoms with Crippen molar-refractivity contribution in [1.82, 2.24) is 10.3 Å². The third-order valence-corrected chi connectivity index (χ3v) is 3.87. The Kier molecular flexibility index (Phi) is 4.25. The number of hydrogen-bond donors (Lipinski definition) is 1. The van der Waals surface area contributed by atoms with Crippen LogP contribution in [0.3, 0.4) is 0 Å². The van der Waals surface area contributed by atoms with E-state index in [4.69, 9.17) is 0 Å². The van der Waals surface area contributed by atoms with E-state index in [1.807, 2.05) is 18.4 Å². The van der Waals surface area contributed by atoms with Gasteiger partial charge in [0.15, 0.2) is 0 Å². The van der Waals surface area contributed by atoms with Gasteiger partial charge in [0.25, 0.3) is 0 Å². The van der Waals surface area contributed by atoms with E-state index in [0.29, 0.717) is 11.0 Å². The molecule has 0 aliphatic carbocycles. The van der Waals surface area contributed by atoms with Gasteiger partial charge >= 0.3 is 0 Å². The first-order chi connectivity index (χ1) is 8.15. The van der Waals surface area contributed by atoms with Gasteiger partial charge in [0.2, 0.25) is 0 Å². The number of aryl methyl sites for hydroxylation is 1. The van der Waals surface area contributed by atoms with Crippen molar-refractivity contribution >= 4 is 27.3 Å². The largest absolute Gasteiger partial charge is 0.306 e. The van der Waals surface area contributed by atoms with Crippen LogP contribution in [0, 0.1) is 12.7 Å². The average molecular weight is 315 g/mol. The van der Waals surface area contributed by atoms with Crippen LogP contribution in [-0.4, -0.2) is 4.98 Å². The number of halogens is 2. The third kappa shape index (κ3) is 3.59. The van der Waals surface area contributed by atoms with Crippen molar-refractivity contribution in [2.45, 2.75) is 20.0 Å². The molecule has 0 saturated carbocycles. The number of benzene rings is 1. The number of rotatable bonds is 4. The summed E-state index contributed by atoms with van der Waals surface area (Å²) in [6, 6.07) is 5.15. The number of nitrogens with one attached hydrogen (secondary N) is 1. The van der Waals surface area contributed by atoms with Gasteiger partial charge in [0, 0.05) is 24.2 Å². The molecule has 0 saturated heterocycles. The van der Waals surface area contributed by atoms with Crippen LogP contribution in [0.4, 0.5) is 4.39 Å². The third-order valence-electron chi connectivity index (χ3n) is 2.26. The maximum absolute atomic E-state index is 13.2. The monoisotopic (exact) mass is 314 g/mol. The summed E-state index contributed by atoms with van der Waals surface area (Å²) >= 11 is 4.77. The molecule has 0 atom stereocenters. The molecule has 2 aromatic rings. The average Bonchev–Trinajstić information content (AvgIpc) is 2.70. The predicted molar refractivity (Wildman–Crippen MR) is 71.5 cm³/mol. The van der Waals surface area contributed by atoms with Crippen LogP contribution in [-0.2, 0) is 13.1 Å². The molecule has 90 valence electrons. The zero-order valence-electron chi connectivity index (χ0n) is 9.34. The summed E-state index contributed by atoms with van der Waals surface area (Å²) in [6.07, 6.45) is 0. The fraction of sp³-hybridized carbons (Fsp3) is 0.250. The highest BCUT2D eigenvalue weighted by molar-refractivity contribution is 9.10. The van der Waals surface area contributed by atoms with Gasteiger partial charge in [0.1, 0.15) is 10.8 Å². The molecule has 2 rings (SSSR count). The first-order valence-electron chi connectivity index (χ1n) is 5.21. The molecule has 1 heterocycles. The quantitative estimate of drug-likeness (QED) is 0.932. The number of hydrogen-bond acceptors (Lipinski definition) is 3. The molecule has 1 aromatic carbocycles. The van der Waals surface area contributed by atoms with Crippen molar-refractivity contribution in [2.24, 2.45) is 0 Å². The maximum Gasteiger partial charge on any atom is 0.137 e. The molecule has 0 aliphatic rings. The number of nitrogens with zero attached hydrogens (tertiary/aromatic N) is 1. The Bertz CT molecular complexity index is 513. The highest BCUT2D eigenvalue weighted by Crippen LogP contribution is 2.16. The van der Waals surface area contributed by atoms with Crippen LogP contribution in [0.25, 0.3) is 0 Å². The number of thiazole rings is 1. The van der Waals surface area contributed by atoms with Crippen LogP contribution in [0.2, 0.25) is 0 Å². The van der Waals surface area contributed by atoms with E-state index in [1.54, 1.807) is 17.4 Å². The van der Waals surface area contributed by atoms with Crippen molar-refractivity contribution in [2.75, 3.05) is 0 Å². The van der Waals surface area contributed by atoms with Crippen LogP contribution >= 0.6 is 27.3 Å². The van der Waals surface area contributed by atoms with E-state index >= 15 is 0 Å². The molecular formula is C12H12BrFN2S. The molecule has 0 spiro atoms. The summed E-state index contributed by atoms with van der Waals surface area (Å²) in [4.78, 5) is 4.35. The summed E-state index contributed by atoms with van der Waals surface area (Å²) < 4.78 is 13.7. The molecule has 0 fully saturated rings. The van der Waals surface area contributed by atoms with E-state index in [1.165, 1.54) is 6.07 Å². The zero-order valence-corrected chi connectivity index (χ0v) is 11.7. The lowest BCUT2D eigenvalue weighted by Gasteiger charge is -2.04. The normalized spacial score (nSPS) is 10.8. The highest BCUT2D eigenvalue weighted by Gasteiger charge is 2.01. The molecule has 2 nitrogen and oxygen atoms in total. The Hall–Kier alpha value is -0.780. The highest BCUT2D eigenvalue weighted by atomic mass is 79.9. The minimum atomic E-state index is -0.227. The Morgan fingerprint density at radius 2 is 2.24 bits per heavy atom. The molecule has 0 radical (unpaired) electrons. The Balaban J connectivity index is 1.87. The number of aromatic nitrogens is 1. The standard InChI is InChI=1S/C12H12BrFN2S/c1-8-7-17-12(16-8)6-15-5-9-2-3-10(13)11(14)4-9/h2-4,7,15H,5-6H2,1H3. The summed E-state index contributed by atoms with van der Waals surface area (Å²) in [6.45, 7) is 3.34. The Labute approximate surface area is 112 Å². The molecule has 5 heteroatoms. The van der Waals surface area contributed by atoms with Gasteiger partial charge in [-0.3, -0.25) is 0 Å². The minimum absolute atomic E-state index is 0.227. The van der Waals surface area contributed by atoms with E-state index < -0.39 is 0 Å². The van der Waals surface area contributed by atoms with Gasteiger partial charge in [0.05, 0.1) is 4.47 Å². The summed E-state index contributed by atoms with van der Waals surface area (Å²) in [7, 11) is 0. The van der Waals surface area contributed by atoms with Crippen LogP contribution in [0.1, 0.15) is 16.3 Å². The molecule has 1 aromatic heterocycles. The summed E-state index contributed by atoms with van der Waals surface area (Å²) in [5.74, 6) is -0.227. The summed E-state index contributed by atoms with van der Waals surface area (Å²) in [5, 5.41) is 6.32. The van der Waals surface area contributed by atoms with E-state index in [-0.39, 0.29) is 5.82 Å². The first-order valence-corrected chi connectivity index (χ1v) is 6.88. The Morgan fingerprint density at radius 1 is 1.41 bits per heavy atom. The molecule has 1 N–H and O–H groups in total. The minimum Gasteiger partial charge on any atom is -0.306 e. The van der Waals surface area contributed by atoms with Crippen LogP contribution in [0.15, 0.2) is 28.1 Å². The van der Waals surface area contributed by atoms with Gasteiger partial charge < -0.3 is 5.32 Å². The van der Waals surface area contributed by atoms with E-state index in [2.05, 4.69) is 26.2 Å². The van der Waals surface area contributed by atoms with Gasteiger partial charge in [-0.15, -0.1) is 11.3 Å². The molecule has 0 bridgehead atoms. The van der Waals surface area contributed by atoms with Crippen molar-refractivity contribution in [3.63, 3.8) is 0 Å². The molecule has 0 amide bonds. The van der Waals surface area contributed by atoms with Crippen LogP contribution in [0.5, 0.6) is 0 Å². The second kappa shape index (κ2) is 5.71. The molecule has 0 aliphatic heterocycles. The summed E-state index contributed by atoms with van der Waals surface area (Å²) in [5.41, 5.74) is 1.97. The molecule has 0 unspecified atom stereocenters. The topological polar surface area (TPSA) is 24.9 Å². The van der Waals surface area contributed by atoms with Crippen LogP contribution < -0.4 is 5.32 Å². The Morgan fingerprint density at radius 3 is 2.88 bits per heavy atom. The smallest absolute Gasteiger partial charge is 0.137 e. The van der Waals surface area contributed by atoms with Crippen molar-refractivity contribution in [1.29, 1.82) is 0 Å². The SMILES string of the molecule is Cc1csc(CNCc2ccc(Br)c(F)c2)n1. The second-order valence-corrected chi connectivity index (χ2v) is 5.53. The lowest BCUT2D eigenvalue weighted by Crippen LogP contribution is -2.12. The fourth-order valence-electron chi connectivity index (χ4n) is 1.45. The van der Waals surface area contributed by atoms with E-state index in [9.17, 15) is 4.39 Å². The predicted octanol–water partition coefficient (Wildman–Crippen LogP) is 3.64. The first kappa shape index (κ1) is 12.7. The molecule has 17 heavy (non-hydrogen) atoms. The van der Waals surface area contributed by atoms with Gasteiger partial charge in [-0.25, -0.2) is 9.37 Å². The van der Waals surface area contributed by atoms with Crippen molar-refractivity contribution in [3.8, 4) is 0 Å². The van der Waals surface area contributed by atoms with Gasteiger partial charge in [-0.2, -0.15) is 0 Å². The molecular weight excluding hydrogens is 303 g/mol.